The van der Waals surface area contributed by atoms with Gasteiger partial charge in [0.1, 0.15) is 5.82 Å². The summed E-state index contributed by atoms with van der Waals surface area (Å²) in [5.74, 6) is 0.409. The average Bonchev–Trinajstić information content (AvgIpc) is 2.83. The lowest BCUT2D eigenvalue weighted by Crippen LogP contribution is -2.06. The highest BCUT2D eigenvalue weighted by Crippen LogP contribution is 2.15. The first-order chi connectivity index (χ1) is 9.79. The summed E-state index contributed by atoms with van der Waals surface area (Å²) in [5.41, 5.74) is 1.46. The molecule has 0 aliphatic carbocycles. The van der Waals surface area contributed by atoms with E-state index in [1.54, 1.807) is 13.2 Å². The first kappa shape index (κ1) is 14.7. The number of anilines is 1. The Labute approximate surface area is 117 Å². The predicted molar refractivity (Wildman–Crippen MR) is 76.5 cm³/mol. The van der Waals surface area contributed by atoms with Gasteiger partial charge in [0.05, 0.1) is 24.2 Å². The van der Waals surface area contributed by atoms with E-state index < -0.39 is 0 Å². The van der Waals surface area contributed by atoms with E-state index in [2.05, 4.69) is 15.3 Å². The highest BCUT2D eigenvalue weighted by molar-refractivity contribution is 5.77. The fraction of sp³-hybridized carbons (Fsp3) is 0.500. The van der Waals surface area contributed by atoms with E-state index >= 15 is 0 Å². The number of imidazole rings is 1. The van der Waals surface area contributed by atoms with Crippen LogP contribution in [-0.4, -0.2) is 43.4 Å². The van der Waals surface area contributed by atoms with Crippen LogP contribution in [0.2, 0.25) is 0 Å². The van der Waals surface area contributed by atoms with Crippen molar-refractivity contribution in [1.82, 2.24) is 9.97 Å². The van der Waals surface area contributed by atoms with Crippen molar-refractivity contribution >= 4 is 17.0 Å². The van der Waals surface area contributed by atoms with Gasteiger partial charge in [-0.3, -0.25) is 0 Å². The van der Waals surface area contributed by atoms with Crippen molar-refractivity contribution in [2.75, 3.05) is 38.8 Å². The molecule has 1 heterocycles. The van der Waals surface area contributed by atoms with Crippen LogP contribution in [0.3, 0.4) is 0 Å². The Morgan fingerprint density at radius 2 is 2.15 bits per heavy atom. The minimum absolute atomic E-state index is 0.263. The third kappa shape index (κ3) is 4.47. The summed E-state index contributed by atoms with van der Waals surface area (Å²) >= 11 is 0. The Bertz CT molecular complexity index is 530. The molecular weight excluding hydrogens is 261 g/mol. The van der Waals surface area contributed by atoms with Gasteiger partial charge in [-0.2, -0.15) is 0 Å². The van der Waals surface area contributed by atoms with Crippen LogP contribution < -0.4 is 5.32 Å². The van der Waals surface area contributed by atoms with E-state index in [1.807, 2.05) is 0 Å². The SMILES string of the molecule is COCCOCCCCNc1nc2ccc(F)cc2[nH]1. The Hall–Kier alpha value is -1.66. The molecular formula is C14H20FN3O2. The van der Waals surface area contributed by atoms with E-state index in [1.165, 1.54) is 12.1 Å². The zero-order valence-electron chi connectivity index (χ0n) is 11.6. The number of fused-ring (bicyclic) bond motifs is 1. The highest BCUT2D eigenvalue weighted by atomic mass is 19.1. The lowest BCUT2D eigenvalue weighted by molar-refractivity contribution is 0.0691. The van der Waals surface area contributed by atoms with Gasteiger partial charge in [-0.05, 0) is 31.0 Å². The molecule has 0 bridgehead atoms. The van der Waals surface area contributed by atoms with Crippen molar-refractivity contribution < 1.29 is 13.9 Å². The molecule has 0 saturated carbocycles. The average molecular weight is 281 g/mol. The number of nitrogens with one attached hydrogen (secondary N) is 2. The van der Waals surface area contributed by atoms with E-state index in [-0.39, 0.29) is 5.82 Å². The monoisotopic (exact) mass is 281 g/mol. The third-order valence-electron chi connectivity index (χ3n) is 2.88. The number of benzene rings is 1. The minimum Gasteiger partial charge on any atom is -0.382 e. The molecule has 0 radical (unpaired) electrons. The Morgan fingerprint density at radius 3 is 3.00 bits per heavy atom. The molecule has 2 rings (SSSR count). The van der Waals surface area contributed by atoms with Crippen LogP contribution in [0, 0.1) is 5.82 Å². The lowest BCUT2D eigenvalue weighted by atomic mass is 10.3. The van der Waals surface area contributed by atoms with Gasteiger partial charge in [0.25, 0.3) is 0 Å². The summed E-state index contributed by atoms with van der Waals surface area (Å²) in [7, 11) is 1.66. The standard InChI is InChI=1S/C14H20FN3O2/c1-19-8-9-20-7-3-2-6-16-14-17-12-5-4-11(15)10-13(12)18-14/h4-5,10H,2-3,6-9H2,1H3,(H2,16,17,18). The minimum atomic E-state index is -0.263. The number of aromatic amines is 1. The van der Waals surface area contributed by atoms with Crippen molar-refractivity contribution in [3.05, 3.63) is 24.0 Å². The van der Waals surface area contributed by atoms with Crippen molar-refractivity contribution in [2.24, 2.45) is 0 Å². The van der Waals surface area contributed by atoms with E-state index in [0.29, 0.717) is 24.7 Å². The molecule has 0 aliphatic heterocycles. The summed E-state index contributed by atoms with van der Waals surface area (Å²) in [6, 6.07) is 4.51. The van der Waals surface area contributed by atoms with Gasteiger partial charge in [0.2, 0.25) is 5.95 Å². The normalized spacial score (nSPS) is 11.1. The maximum absolute atomic E-state index is 13.0. The maximum atomic E-state index is 13.0. The third-order valence-corrected chi connectivity index (χ3v) is 2.88. The number of ether oxygens (including phenoxy) is 2. The summed E-state index contributed by atoms with van der Waals surface area (Å²) in [5, 5.41) is 3.19. The Kier molecular flexibility index (Phi) is 5.76. The van der Waals surface area contributed by atoms with Gasteiger partial charge in [0, 0.05) is 20.3 Å². The smallest absolute Gasteiger partial charge is 0.201 e. The summed E-state index contributed by atoms with van der Waals surface area (Å²) in [6.07, 6.45) is 1.96. The van der Waals surface area contributed by atoms with Crippen molar-refractivity contribution in [3.63, 3.8) is 0 Å². The summed E-state index contributed by atoms with van der Waals surface area (Å²) in [6.45, 7) is 2.80. The molecule has 1 aromatic carbocycles. The summed E-state index contributed by atoms with van der Waals surface area (Å²) in [4.78, 5) is 7.38. The van der Waals surface area contributed by atoms with Crippen LogP contribution in [0.1, 0.15) is 12.8 Å². The molecule has 0 amide bonds. The second kappa shape index (κ2) is 7.81. The number of rotatable bonds is 9. The van der Waals surface area contributed by atoms with Crippen molar-refractivity contribution in [1.29, 1.82) is 0 Å². The second-order valence-electron chi connectivity index (χ2n) is 4.49. The Morgan fingerprint density at radius 1 is 1.25 bits per heavy atom. The zero-order chi connectivity index (χ0) is 14.2. The molecule has 0 saturated heterocycles. The molecule has 0 atom stereocenters. The maximum Gasteiger partial charge on any atom is 0.201 e. The van der Waals surface area contributed by atoms with Gasteiger partial charge in [-0.1, -0.05) is 0 Å². The van der Waals surface area contributed by atoms with Crippen LogP contribution in [-0.2, 0) is 9.47 Å². The highest BCUT2D eigenvalue weighted by Gasteiger charge is 2.02. The van der Waals surface area contributed by atoms with Gasteiger partial charge in [0.15, 0.2) is 0 Å². The molecule has 0 spiro atoms. The molecule has 5 nitrogen and oxygen atoms in total. The first-order valence-electron chi connectivity index (χ1n) is 6.75. The van der Waals surface area contributed by atoms with Gasteiger partial charge >= 0.3 is 0 Å². The number of aromatic nitrogens is 2. The van der Waals surface area contributed by atoms with Crippen molar-refractivity contribution in [2.45, 2.75) is 12.8 Å². The lowest BCUT2D eigenvalue weighted by Gasteiger charge is -2.04. The number of H-pyrrole nitrogens is 1. The largest absolute Gasteiger partial charge is 0.382 e. The first-order valence-corrected chi connectivity index (χ1v) is 6.75. The number of methoxy groups -OCH3 is 1. The quantitative estimate of drug-likeness (QED) is 0.694. The van der Waals surface area contributed by atoms with Gasteiger partial charge in [-0.15, -0.1) is 0 Å². The molecule has 2 aromatic rings. The molecule has 110 valence electrons. The van der Waals surface area contributed by atoms with Crippen LogP contribution in [0.25, 0.3) is 11.0 Å². The van der Waals surface area contributed by atoms with E-state index in [9.17, 15) is 4.39 Å². The molecule has 20 heavy (non-hydrogen) atoms. The molecule has 1 aromatic heterocycles. The number of hydrogen-bond donors (Lipinski definition) is 2. The van der Waals surface area contributed by atoms with Crippen LogP contribution >= 0.6 is 0 Å². The van der Waals surface area contributed by atoms with E-state index in [0.717, 1.165) is 31.5 Å². The number of hydrogen-bond acceptors (Lipinski definition) is 4. The second-order valence-corrected chi connectivity index (χ2v) is 4.49. The molecule has 0 unspecified atom stereocenters. The molecule has 0 fully saturated rings. The van der Waals surface area contributed by atoms with Crippen LogP contribution in [0.4, 0.5) is 10.3 Å². The predicted octanol–water partition coefficient (Wildman–Crippen LogP) is 2.56. The Balaban J connectivity index is 1.65. The fourth-order valence-electron chi connectivity index (χ4n) is 1.85. The van der Waals surface area contributed by atoms with Gasteiger partial charge in [-0.25, -0.2) is 9.37 Å². The fourth-order valence-corrected chi connectivity index (χ4v) is 1.85. The molecule has 0 aliphatic rings. The zero-order valence-corrected chi connectivity index (χ0v) is 11.6. The topological polar surface area (TPSA) is 59.2 Å². The number of halogens is 1. The number of nitrogens with zero attached hydrogens (tertiary/aromatic N) is 1. The molecule has 6 heteroatoms. The van der Waals surface area contributed by atoms with Crippen LogP contribution in [0.15, 0.2) is 18.2 Å². The summed E-state index contributed by atoms with van der Waals surface area (Å²) < 4.78 is 23.3. The molecule has 2 N–H and O–H groups in total. The van der Waals surface area contributed by atoms with E-state index in [4.69, 9.17) is 9.47 Å². The van der Waals surface area contributed by atoms with Crippen molar-refractivity contribution in [3.8, 4) is 0 Å². The van der Waals surface area contributed by atoms with Crippen LogP contribution in [0.5, 0.6) is 0 Å². The van der Waals surface area contributed by atoms with Gasteiger partial charge < -0.3 is 19.8 Å². The number of unbranched alkanes of at least 4 members (excludes halogenated alkanes) is 1.